The molecule has 0 saturated heterocycles. The van der Waals surface area contributed by atoms with Gasteiger partial charge >= 0.3 is 0 Å². The molecule has 2 rings (SSSR count). The first-order valence-corrected chi connectivity index (χ1v) is 6.01. The average Bonchev–Trinajstić information content (AvgIpc) is 2.29. The third kappa shape index (κ3) is 2.12. The van der Waals surface area contributed by atoms with Gasteiger partial charge in [0.2, 0.25) is 0 Å². The third-order valence-corrected chi connectivity index (χ3v) is 3.30. The maximum atomic E-state index is 10.9. The van der Waals surface area contributed by atoms with E-state index in [4.69, 9.17) is 0 Å². The summed E-state index contributed by atoms with van der Waals surface area (Å²) in [5.41, 5.74) is 2.80. The minimum atomic E-state index is -2.51. The lowest BCUT2D eigenvalue weighted by atomic mass is 10.1. The Bertz CT molecular complexity index is 569. The van der Waals surface area contributed by atoms with Crippen molar-refractivity contribution in [2.24, 2.45) is 0 Å². The van der Waals surface area contributed by atoms with E-state index in [0.29, 0.717) is 4.90 Å². The van der Waals surface area contributed by atoms with Gasteiger partial charge in [-0.2, -0.15) is 0 Å². The van der Waals surface area contributed by atoms with Gasteiger partial charge in [0.1, 0.15) is 0 Å². The molecule has 0 aliphatic rings. The van der Waals surface area contributed by atoms with Crippen molar-refractivity contribution in [3.05, 3.63) is 48.3 Å². The van der Waals surface area contributed by atoms with Crippen LogP contribution in [0.25, 0.3) is 11.1 Å². The number of hydrogen-bond acceptors (Lipinski definition) is 3. The largest absolute Gasteiger partial charge is 0.265 e. The molecule has 0 unspecified atom stereocenters. The SMILES string of the molecule is Cc1cc(-c2ccncc2)ccc1[SH](=O)=O. The third-order valence-electron chi connectivity index (χ3n) is 2.41. The molecular formula is C12H11NO2S. The average molecular weight is 233 g/mol. The van der Waals surface area contributed by atoms with Crippen LogP contribution in [-0.2, 0) is 10.7 Å². The molecule has 0 aliphatic heterocycles. The molecule has 3 nitrogen and oxygen atoms in total. The van der Waals surface area contributed by atoms with Gasteiger partial charge in [0, 0.05) is 12.4 Å². The Labute approximate surface area is 95.7 Å². The number of aryl methyl sites for hydroxylation is 1. The molecule has 0 spiro atoms. The monoisotopic (exact) mass is 233 g/mol. The van der Waals surface area contributed by atoms with Crippen LogP contribution in [-0.4, -0.2) is 13.4 Å². The van der Waals surface area contributed by atoms with E-state index in [1.807, 2.05) is 24.3 Å². The van der Waals surface area contributed by atoms with Crippen molar-refractivity contribution >= 4 is 10.7 Å². The lowest BCUT2D eigenvalue weighted by molar-refractivity contribution is 0.614. The summed E-state index contributed by atoms with van der Waals surface area (Å²) in [6.45, 7) is 1.80. The molecule has 1 heterocycles. The Kier molecular flexibility index (Phi) is 3.01. The Balaban J connectivity index is 2.50. The van der Waals surface area contributed by atoms with Gasteiger partial charge in [-0.15, -0.1) is 0 Å². The maximum Gasteiger partial charge on any atom is 0.168 e. The molecule has 0 bridgehead atoms. The Morgan fingerprint density at radius 2 is 1.69 bits per heavy atom. The Morgan fingerprint density at radius 1 is 1.00 bits per heavy atom. The van der Waals surface area contributed by atoms with E-state index in [2.05, 4.69) is 4.98 Å². The van der Waals surface area contributed by atoms with Crippen molar-refractivity contribution in [1.29, 1.82) is 0 Å². The van der Waals surface area contributed by atoms with Crippen molar-refractivity contribution in [1.82, 2.24) is 4.98 Å². The van der Waals surface area contributed by atoms with Crippen LogP contribution in [0.3, 0.4) is 0 Å². The summed E-state index contributed by atoms with van der Waals surface area (Å²) in [5, 5.41) is 0. The number of nitrogens with zero attached hydrogens (tertiary/aromatic N) is 1. The summed E-state index contributed by atoms with van der Waals surface area (Å²) in [5.74, 6) is 0. The van der Waals surface area contributed by atoms with Crippen LogP contribution in [0.15, 0.2) is 47.6 Å². The summed E-state index contributed by atoms with van der Waals surface area (Å²) < 4.78 is 21.8. The van der Waals surface area contributed by atoms with E-state index >= 15 is 0 Å². The Hall–Kier alpha value is -1.68. The molecule has 0 N–H and O–H groups in total. The maximum absolute atomic E-state index is 10.9. The second-order valence-electron chi connectivity index (χ2n) is 3.49. The highest BCUT2D eigenvalue weighted by Gasteiger charge is 2.03. The summed E-state index contributed by atoms with van der Waals surface area (Å²) in [7, 11) is -2.51. The number of pyridine rings is 1. The summed E-state index contributed by atoms with van der Waals surface area (Å²) >= 11 is 0. The quantitative estimate of drug-likeness (QED) is 0.807. The van der Waals surface area contributed by atoms with Crippen molar-refractivity contribution in [3.63, 3.8) is 0 Å². The lowest BCUT2D eigenvalue weighted by Crippen LogP contribution is -1.87. The van der Waals surface area contributed by atoms with E-state index in [9.17, 15) is 8.42 Å². The number of benzene rings is 1. The van der Waals surface area contributed by atoms with Gasteiger partial charge in [-0.25, -0.2) is 8.42 Å². The van der Waals surface area contributed by atoms with Gasteiger partial charge < -0.3 is 0 Å². The molecule has 1 aromatic heterocycles. The first-order valence-electron chi connectivity index (χ1n) is 4.84. The molecule has 0 amide bonds. The molecule has 4 heteroatoms. The fraction of sp³-hybridized carbons (Fsp3) is 0.0833. The number of aromatic nitrogens is 1. The molecular weight excluding hydrogens is 222 g/mol. The topological polar surface area (TPSA) is 47.0 Å². The highest BCUT2D eigenvalue weighted by molar-refractivity contribution is 7.72. The summed E-state index contributed by atoms with van der Waals surface area (Å²) in [6.07, 6.45) is 3.43. The first-order chi connectivity index (χ1) is 7.68. The molecule has 0 atom stereocenters. The zero-order valence-corrected chi connectivity index (χ0v) is 9.65. The van der Waals surface area contributed by atoms with E-state index in [-0.39, 0.29) is 0 Å². The summed E-state index contributed by atoms with van der Waals surface area (Å²) in [4.78, 5) is 4.32. The van der Waals surface area contributed by atoms with Crippen molar-refractivity contribution in [2.75, 3.05) is 0 Å². The van der Waals surface area contributed by atoms with Crippen molar-refractivity contribution in [2.45, 2.75) is 11.8 Å². The van der Waals surface area contributed by atoms with Gasteiger partial charge in [-0.05, 0) is 41.8 Å². The van der Waals surface area contributed by atoms with Gasteiger partial charge in [0.05, 0.1) is 4.90 Å². The number of thiol groups is 1. The predicted molar refractivity (Wildman–Crippen MR) is 63.0 cm³/mol. The van der Waals surface area contributed by atoms with E-state index in [1.165, 1.54) is 0 Å². The van der Waals surface area contributed by atoms with Gasteiger partial charge in [-0.3, -0.25) is 4.98 Å². The van der Waals surface area contributed by atoms with Crippen LogP contribution in [0.2, 0.25) is 0 Å². The van der Waals surface area contributed by atoms with E-state index in [0.717, 1.165) is 16.7 Å². The minimum Gasteiger partial charge on any atom is -0.265 e. The lowest BCUT2D eigenvalue weighted by Gasteiger charge is -2.04. The minimum absolute atomic E-state index is 0.382. The second kappa shape index (κ2) is 4.45. The van der Waals surface area contributed by atoms with Gasteiger partial charge in [0.15, 0.2) is 10.7 Å². The fourth-order valence-electron chi connectivity index (χ4n) is 1.58. The molecule has 0 radical (unpaired) electrons. The molecule has 0 saturated carbocycles. The molecule has 2 aromatic rings. The molecule has 1 aromatic carbocycles. The predicted octanol–water partition coefficient (Wildman–Crippen LogP) is 2.03. The first kappa shape index (κ1) is 10.8. The van der Waals surface area contributed by atoms with Crippen LogP contribution in [0.1, 0.15) is 5.56 Å². The van der Waals surface area contributed by atoms with E-state index in [1.54, 1.807) is 25.4 Å². The van der Waals surface area contributed by atoms with Crippen LogP contribution in [0, 0.1) is 6.92 Å². The van der Waals surface area contributed by atoms with Gasteiger partial charge in [-0.1, -0.05) is 12.1 Å². The zero-order valence-electron chi connectivity index (χ0n) is 8.75. The highest BCUT2D eigenvalue weighted by atomic mass is 32.2. The number of hydrogen-bond donors (Lipinski definition) is 1. The van der Waals surface area contributed by atoms with Crippen LogP contribution in [0.4, 0.5) is 0 Å². The van der Waals surface area contributed by atoms with Crippen LogP contribution < -0.4 is 0 Å². The smallest absolute Gasteiger partial charge is 0.168 e. The molecule has 16 heavy (non-hydrogen) atoms. The molecule has 0 aliphatic carbocycles. The number of rotatable bonds is 2. The van der Waals surface area contributed by atoms with Crippen LogP contribution >= 0.6 is 0 Å². The Morgan fingerprint density at radius 3 is 2.25 bits per heavy atom. The molecule has 82 valence electrons. The highest BCUT2D eigenvalue weighted by Crippen LogP contribution is 2.22. The fourth-order valence-corrected chi connectivity index (χ4v) is 2.13. The normalized spacial score (nSPS) is 10.6. The van der Waals surface area contributed by atoms with E-state index < -0.39 is 10.7 Å². The van der Waals surface area contributed by atoms with Crippen molar-refractivity contribution < 1.29 is 8.42 Å². The molecule has 0 fully saturated rings. The summed E-state index contributed by atoms with van der Waals surface area (Å²) in [6, 6.07) is 9.10. The van der Waals surface area contributed by atoms with Gasteiger partial charge in [0.25, 0.3) is 0 Å². The van der Waals surface area contributed by atoms with Crippen molar-refractivity contribution in [3.8, 4) is 11.1 Å². The zero-order chi connectivity index (χ0) is 11.5. The van der Waals surface area contributed by atoms with Crippen LogP contribution in [0.5, 0.6) is 0 Å². The standard InChI is InChI=1S/C12H11NO2S/c1-9-8-11(2-3-12(9)16(14)15)10-4-6-13-7-5-10/h2-8,16H,1H3. The second-order valence-corrected chi connectivity index (χ2v) is 4.49.